The number of aliphatic hydroxyl groups is 2. The molecule has 0 bridgehead atoms. The standard InChI is InChI=1S/C27H46F2O2/c1-17(7-6-12-24(2,3)31)20-8-9-21-19-16-27(28,29)23-15-18(30)10-13-26(23,5)22(19)11-14-25(20,21)4/h17-23,30-31H,6-16H2,1-5H3/t17-,18+,19+,20-,21+,22+,23+,25-,26-/m1/s1. The molecule has 4 rings (SSSR count). The Morgan fingerprint density at radius 2 is 1.65 bits per heavy atom. The number of hydrogen-bond acceptors (Lipinski definition) is 2. The number of halogens is 2. The van der Waals surface area contributed by atoms with E-state index in [1.54, 1.807) is 0 Å². The van der Waals surface area contributed by atoms with Crippen molar-refractivity contribution in [2.45, 2.75) is 123 Å². The van der Waals surface area contributed by atoms with E-state index < -0.39 is 23.5 Å². The Labute approximate surface area is 188 Å². The van der Waals surface area contributed by atoms with Gasteiger partial charge in [-0.15, -0.1) is 0 Å². The average Bonchev–Trinajstić information content (AvgIpc) is 2.99. The van der Waals surface area contributed by atoms with Gasteiger partial charge < -0.3 is 10.2 Å². The van der Waals surface area contributed by atoms with E-state index in [2.05, 4.69) is 20.8 Å². The largest absolute Gasteiger partial charge is 0.393 e. The predicted molar refractivity (Wildman–Crippen MR) is 121 cm³/mol. The van der Waals surface area contributed by atoms with Gasteiger partial charge in [-0.1, -0.05) is 33.6 Å². The van der Waals surface area contributed by atoms with Gasteiger partial charge in [-0.05, 0) is 106 Å². The minimum atomic E-state index is -2.65. The molecule has 2 nitrogen and oxygen atoms in total. The molecule has 0 heterocycles. The van der Waals surface area contributed by atoms with Gasteiger partial charge >= 0.3 is 0 Å². The molecule has 0 amide bonds. The molecule has 4 aliphatic rings. The Hall–Kier alpha value is -0.220. The lowest BCUT2D eigenvalue weighted by Gasteiger charge is -2.62. The Bertz CT molecular complexity index is 658. The van der Waals surface area contributed by atoms with Crippen LogP contribution in [-0.2, 0) is 0 Å². The highest BCUT2D eigenvalue weighted by Gasteiger charge is 2.67. The summed E-state index contributed by atoms with van der Waals surface area (Å²) in [5.74, 6) is -1.13. The molecule has 0 aromatic rings. The summed E-state index contributed by atoms with van der Waals surface area (Å²) in [4.78, 5) is 0. The van der Waals surface area contributed by atoms with Crippen molar-refractivity contribution in [3.8, 4) is 0 Å². The summed E-state index contributed by atoms with van der Waals surface area (Å²) >= 11 is 0. The zero-order chi connectivity index (χ0) is 22.8. The van der Waals surface area contributed by atoms with Crippen molar-refractivity contribution in [1.29, 1.82) is 0 Å². The lowest BCUT2D eigenvalue weighted by atomic mass is 9.43. The topological polar surface area (TPSA) is 40.5 Å². The van der Waals surface area contributed by atoms with Crippen LogP contribution >= 0.6 is 0 Å². The summed E-state index contributed by atoms with van der Waals surface area (Å²) < 4.78 is 31.0. The van der Waals surface area contributed by atoms with Gasteiger partial charge in [0.2, 0.25) is 0 Å². The molecule has 0 saturated heterocycles. The molecule has 9 atom stereocenters. The second-order valence-electron chi connectivity index (χ2n) is 13.2. The molecular weight excluding hydrogens is 394 g/mol. The fraction of sp³-hybridized carbons (Fsp3) is 1.00. The maximum Gasteiger partial charge on any atom is 0.251 e. The average molecular weight is 441 g/mol. The Balaban J connectivity index is 1.52. The Morgan fingerprint density at radius 3 is 2.32 bits per heavy atom. The molecule has 180 valence electrons. The summed E-state index contributed by atoms with van der Waals surface area (Å²) in [7, 11) is 0. The van der Waals surface area contributed by atoms with E-state index in [-0.39, 0.29) is 29.6 Å². The van der Waals surface area contributed by atoms with Crippen molar-refractivity contribution >= 4 is 0 Å². The molecule has 2 N–H and O–H groups in total. The molecule has 4 fully saturated rings. The number of fused-ring (bicyclic) bond motifs is 5. The third-order valence-electron chi connectivity index (χ3n) is 10.8. The van der Waals surface area contributed by atoms with Crippen LogP contribution in [0.3, 0.4) is 0 Å². The van der Waals surface area contributed by atoms with Crippen LogP contribution in [-0.4, -0.2) is 27.8 Å². The number of rotatable bonds is 5. The van der Waals surface area contributed by atoms with Crippen LogP contribution in [0.15, 0.2) is 0 Å². The normalized spacial score (nSPS) is 47.9. The third-order valence-corrected chi connectivity index (χ3v) is 10.8. The molecule has 0 radical (unpaired) electrons. The van der Waals surface area contributed by atoms with E-state index in [9.17, 15) is 10.2 Å². The zero-order valence-corrected chi connectivity index (χ0v) is 20.5. The quantitative estimate of drug-likeness (QED) is 0.492. The van der Waals surface area contributed by atoms with Crippen molar-refractivity contribution in [1.82, 2.24) is 0 Å². The van der Waals surface area contributed by atoms with Gasteiger partial charge in [-0.2, -0.15) is 0 Å². The second-order valence-corrected chi connectivity index (χ2v) is 13.2. The zero-order valence-electron chi connectivity index (χ0n) is 20.5. The van der Waals surface area contributed by atoms with Crippen LogP contribution in [0.4, 0.5) is 8.78 Å². The minimum Gasteiger partial charge on any atom is -0.393 e. The number of alkyl halides is 2. The van der Waals surface area contributed by atoms with Gasteiger partial charge in [0.1, 0.15) is 0 Å². The highest BCUT2D eigenvalue weighted by atomic mass is 19.3. The summed E-state index contributed by atoms with van der Waals surface area (Å²) in [6.07, 6.45) is 8.77. The highest BCUT2D eigenvalue weighted by Crippen LogP contribution is 2.70. The molecule has 0 unspecified atom stereocenters. The van der Waals surface area contributed by atoms with E-state index >= 15 is 8.78 Å². The van der Waals surface area contributed by atoms with E-state index in [4.69, 9.17) is 0 Å². The van der Waals surface area contributed by atoms with Crippen molar-refractivity contribution in [2.75, 3.05) is 0 Å². The fourth-order valence-electron chi connectivity index (χ4n) is 9.29. The summed E-state index contributed by atoms with van der Waals surface area (Å²) in [5, 5.41) is 20.2. The van der Waals surface area contributed by atoms with Crippen LogP contribution in [0.25, 0.3) is 0 Å². The van der Waals surface area contributed by atoms with E-state index in [0.29, 0.717) is 30.1 Å². The van der Waals surface area contributed by atoms with Crippen LogP contribution in [0.2, 0.25) is 0 Å². The van der Waals surface area contributed by atoms with Crippen LogP contribution in [0.5, 0.6) is 0 Å². The molecule has 0 aromatic carbocycles. The highest BCUT2D eigenvalue weighted by molar-refractivity contribution is 5.13. The Morgan fingerprint density at radius 1 is 1.00 bits per heavy atom. The van der Waals surface area contributed by atoms with Crippen molar-refractivity contribution in [3.05, 3.63) is 0 Å². The molecule has 31 heavy (non-hydrogen) atoms. The Kier molecular flexibility index (Phi) is 6.12. The van der Waals surface area contributed by atoms with E-state index in [1.807, 2.05) is 13.8 Å². The maximum atomic E-state index is 15.5. The molecule has 4 aliphatic carbocycles. The third kappa shape index (κ3) is 4.11. The summed E-state index contributed by atoms with van der Waals surface area (Å²) in [6, 6.07) is 0. The first-order valence-corrected chi connectivity index (χ1v) is 13.1. The summed E-state index contributed by atoms with van der Waals surface area (Å²) in [6.45, 7) is 10.7. The SMILES string of the molecule is C[C@H](CCCC(C)(C)O)[C@H]1CC[C@H]2[C@@H]3CC(F)(F)[C@H]4C[C@@H](O)CC[C@]4(C)[C@H]3CC[C@]12C. The molecule has 4 saturated carbocycles. The van der Waals surface area contributed by atoms with Crippen molar-refractivity contribution in [3.63, 3.8) is 0 Å². The minimum absolute atomic E-state index is 0.0463. The monoisotopic (exact) mass is 440 g/mol. The smallest absolute Gasteiger partial charge is 0.251 e. The molecular formula is C27H46F2O2. The second kappa shape index (κ2) is 7.93. The van der Waals surface area contributed by atoms with Crippen molar-refractivity contribution < 1.29 is 19.0 Å². The van der Waals surface area contributed by atoms with Gasteiger partial charge in [0.15, 0.2) is 0 Å². The van der Waals surface area contributed by atoms with Gasteiger partial charge in [0.25, 0.3) is 5.92 Å². The predicted octanol–water partition coefficient (Wildman–Crippen LogP) is 6.83. The van der Waals surface area contributed by atoms with Gasteiger partial charge in [0.05, 0.1) is 11.7 Å². The number of aliphatic hydroxyl groups excluding tert-OH is 1. The maximum absolute atomic E-state index is 15.5. The van der Waals surface area contributed by atoms with Crippen LogP contribution in [0, 0.1) is 46.3 Å². The van der Waals surface area contributed by atoms with Crippen molar-refractivity contribution in [2.24, 2.45) is 46.3 Å². The molecule has 0 aliphatic heterocycles. The van der Waals surface area contributed by atoms with E-state index in [1.165, 1.54) is 12.8 Å². The van der Waals surface area contributed by atoms with Crippen LogP contribution in [0.1, 0.15) is 105 Å². The van der Waals surface area contributed by atoms with Gasteiger partial charge in [-0.3, -0.25) is 0 Å². The lowest BCUT2D eigenvalue weighted by Crippen LogP contribution is -2.60. The number of hydrogen-bond donors (Lipinski definition) is 2. The first kappa shape index (κ1) is 23.9. The first-order chi connectivity index (χ1) is 14.3. The van der Waals surface area contributed by atoms with Gasteiger partial charge in [-0.25, -0.2) is 8.78 Å². The lowest BCUT2D eigenvalue weighted by molar-refractivity contribution is -0.235. The molecule has 0 spiro atoms. The van der Waals surface area contributed by atoms with E-state index in [0.717, 1.165) is 38.5 Å². The summed E-state index contributed by atoms with van der Waals surface area (Å²) in [5.41, 5.74) is -0.737. The van der Waals surface area contributed by atoms with Crippen LogP contribution < -0.4 is 0 Å². The molecule has 4 heteroatoms. The van der Waals surface area contributed by atoms with Gasteiger partial charge in [0, 0.05) is 12.3 Å². The fourth-order valence-corrected chi connectivity index (χ4v) is 9.29. The molecule has 0 aromatic heterocycles. The first-order valence-electron chi connectivity index (χ1n) is 13.1.